The van der Waals surface area contributed by atoms with Gasteiger partial charge in [-0.05, 0) is 60.9 Å². The number of halogens is 1. The molecule has 0 aliphatic heterocycles. The summed E-state index contributed by atoms with van der Waals surface area (Å²) in [5.74, 6) is -0.929. The van der Waals surface area contributed by atoms with Crippen LogP contribution in [0.3, 0.4) is 0 Å². The number of ether oxygens (including phenoxy) is 2. The summed E-state index contributed by atoms with van der Waals surface area (Å²) in [5, 5.41) is 2.95. The number of sulfonamides is 1. The number of carbonyl (C=O) groups is 2. The molecule has 0 radical (unpaired) electrons. The standard InChI is InChI=1S/C37H42FN3O6S/c1-5-6-22-39-37(43)34(23-28-10-8-7-9-11-28)40(25-29-14-16-30(38)17-15-29)36(42)26-41(33-24-31(46-3)18-21-35(33)47-4)48(44,45)32-19-12-27(2)13-20-32/h7-21,24,34H,5-6,22-23,25-26H2,1-4H3,(H,39,43). The molecule has 0 saturated carbocycles. The van der Waals surface area contributed by atoms with Gasteiger partial charge < -0.3 is 19.7 Å². The van der Waals surface area contributed by atoms with Crippen molar-refractivity contribution < 1.29 is 31.9 Å². The minimum Gasteiger partial charge on any atom is -0.497 e. The summed E-state index contributed by atoms with van der Waals surface area (Å²) in [5.41, 5.74) is 2.32. The number of methoxy groups -OCH3 is 2. The summed E-state index contributed by atoms with van der Waals surface area (Å²) < 4.78 is 54.6. The highest BCUT2D eigenvalue weighted by molar-refractivity contribution is 7.92. The monoisotopic (exact) mass is 675 g/mol. The van der Waals surface area contributed by atoms with Crippen LogP contribution in [0, 0.1) is 12.7 Å². The number of nitrogens with one attached hydrogen (secondary N) is 1. The van der Waals surface area contributed by atoms with Crippen LogP contribution in [0.4, 0.5) is 10.1 Å². The third-order valence-corrected chi connectivity index (χ3v) is 9.68. The highest BCUT2D eigenvalue weighted by atomic mass is 32.2. The minimum absolute atomic E-state index is 0.0333. The first-order chi connectivity index (χ1) is 23.1. The average Bonchev–Trinajstić information content (AvgIpc) is 3.09. The summed E-state index contributed by atoms with van der Waals surface area (Å²) in [7, 11) is -1.50. The molecule has 1 unspecified atom stereocenters. The molecule has 0 saturated heterocycles. The van der Waals surface area contributed by atoms with Crippen molar-refractivity contribution in [3.8, 4) is 11.5 Å². The number of nitrogens with zero attached hydrogens (tertiary/aromatic N) is 2. The van der Waals surface area contributed by atoms with Gasteiger partial charge in [-0.1, -0.05) is 73.5 Å². The van der Waals surface area contributed by atoms with E-state index in [1.165, 1.54) is 61.6 Å². The number of anilines is 1. The Morgan fingerprint density at radius 2 is 1.56 bits per heavy atom. The molecule has 2 amide bonds. The number of hydrogen-bond donors (Lipinski definition) is 1. The Kier molecular flexibility index (Phi) is 12.6. The second-order valence-corrected chi connectivity index (χ2v) is 13.2. The van der Waals surface area contributed by atoms with Crippen LogP contribution in [0.2, 0.25) is 0 Å². The van der Waals surface area contributed by atoms with Gasteiger partial charge in [0, 0.05) is 25.6 Å². The van der Waals surface area contributed by atoms with E-state index in [0.29, 0.717) is 17.9 Å². The molecule has 0 fully saturated rings. The fourth-order valence-electron chi connectivity index (χ4n) is 5.19. The first kappa shape index (κ1) is 35.9. The van der Waals surface area contributed by atoms with Gasteiger partial charge >= 0.3 is 0 Å². The predicted octanol–water partition coefficient (Wildman–Crippen LogP) is 5.90. The lowest BCUT2D eigenvalue weighted by Crippen LogP contribution is -2.53. The lowest BCUT2D eigenvalue weighted by atomic mass is 10.0. The van der Waals surface area contributed by atoms with Gasteiger partial charge in [0.15, 0.2) is 0 Å². The number of benzene rings is 4. The first-order valence-electron chi connectivity index (χ1n) is 15.7. The van der Waals surface area contributed by atoms with Gasteiger partial charge in [0.25, 0.3) is 10.0 Å². The van der Waals surface area contributed by atoms with Gasteiger partial charge in [-0.15, -0.1) is 0 Å². The Morgan fingerprint density at radius 3 is 2.19 bits per heavy atom. The summed E-state index contributed by atoms with van der Waals surface area (Å²) in [4.78, 5) is 29.8. The number of carbonyl (C=O) groups excluding carboxylic acids is 2. The van der Waals surface area contributed by atoms with E-state index < -0.39 is 34.3 Å². The maximum absolute atomic E-state index is 14.6. The summed E-state index contributed by atoms with van der Waals surface area (Å²) in [6.07, 6.45) is 1.77. The van der Waals surface area contributed by atoms with Crippen molar-refractivity contribution in [1.29, 1.82) is 0 Å². The topological polar surface area (TPSA) is 105 Å². The molecule has 4 rings (SSSR count). The van der Waals surface area contributed by atoms with Crippen LogP contribution in [0.25, 0.3) is 0 Å². The molecule has 4 aromatic rings. The highest BCUT2D eigenvalue weighted by Crippen LogP contribution is 2.36. The predicted molar refractivity (Wildman–Crippen MR) is 184 cm³/mol. The van der Waals surface area contributed by atoms with Crippen molar-refractivity contribution in [2.75, 3.05) is 31.6 Å². The fraction of sp³-hybridized carbons (Fsp3) is 0.297. The van der Waals surface area contributed by atoms with Crippen LogP contribution < -0.4 is 19.1 Å². The largest absolute Gasteiger partial charge is 0.497 e. The number of unbranched alkanes of at least 4 members (excludes halogenated alkanes) is 1. The van der Waals surface area contributed by atoms with Crippen LogP contribution in [-0.2, 0) is 32.6 Å². The zero-order valence-corrected chi connectivity index (χ0v) is 28.5. The molecule has 1 atom stereocenters. The quantitative estimate of drug-likeness (QED) is 0.148. The number of aryl methyl sites for hydroxylation is 1. The number of amides is 2. The maximum Gasteiger partial charge on any atom is 0.264 e. The van der Waals surface area contributed by atoms with Gasteiger partial charge in [0.1, 0.15) is 29.9 Å². The molecule has 0 spiro atoms. The van der Waals surface area contributed by atoms with Gasteiger partial charge in [0.05, 0.1) is 24.8 Å². The number of hydrogen-bond acceptors (Lipinski definition) is 6. The lowest BCUT2D eigenvalue weighted by Gasteiger charge is -2.34. The van der Waals surface area contributed by atoms with E-state index in [-0.39, 0.29) is 35.2 Å². The van der Waals surface area contributed by atoms with Crippen LogP contribution in [0.15, 0.2) is 102 Å². The molecule has 254 valence electrons. The average molecular weight is 676 g/mol. The first-order valence-corrected chi connectivity index (χ1v) is 17.2. The second-order valence-electron chi connectivity index (χ2n) is 11.4. The van der Waals surface area contributed by atoms with Gasteiger partial charge in [-0.3, -0.25) is 13.9 Å². The third-order valence-electron chi connectivity index (χ3n) is 7.91. The zero-order chi connectivity index (χ0) is 34.7. The smallest absolute Gasteiger partial charge is 0.264 e. The van der Waals surface area contributed by atoms with Gasteiger partial charge in [-0.2, -0.15) is 0 Å². The molecule has 0 aliphatic carbocycles. The molecule has 0 aromatic heterocycles. The SMILES string of the molecule is CCCCNC(=O)C(Cc1ccccc1)N(Cc1ccc(F)cc1)C(=O)CN(c1cc(OC)ccc1OC)S(=O)(=O)c1ccc(C)cc1. The second kappa shape index (κ2) is 16.8. The molecule has 4 aromatic carbocycles. The molecule has 1 N–H and O–H groups in total. The Bertz CT molecular complexity index is 1770. The Hall–Kier alpha value is -4.90. The Balaban J connectivity index is 1.85. The summed E-state index contributed by atoms with van der Waals surface area (Å²) >= 11 is 0. The minimum atomic E-state index is -4.36. The van der Waals surface area contributed by atoms with Crippen LogP contribution in [-0.4, -0.2) is 58.5 Å². The maximum atomic E-state index is 14.6. The molecule has 0 bridgehead atoms. The molecule has 11 heteroatoms. The third kappa shape index (κ3) is 9.13. The van der Waals surface area contributed by atoms with Crippen molar-refractivity contribution in [3.05, 3.63) is 120 Å². The van der Waals surface area contributed by atoms with E-state index in [4.69, 9.17) is 9.47 Å². The van der Waals surface area contributed by atoms with E-state index in [0.717, 1.165) is 28.3 Å². The van der Waals surface area contributed by atoms with Gasteiger partial charge in [0.2, 0.25) is 11.8 Å². The van der Waals surface area contributed by atoms with Crippen LogP contribution in [0.5, 0.6) is 11.5 Å². The van der Waals surface area contributed by atoms with Crippen LogP contribution >= 0.6 is 0 Å². The molecule has 0 heterocycles. The van der Waals surface area contributed by atoms with E-state index in [2.05, 4.69) is 5.32 Å². The Labute approximate surface area is 282 Å². The summed E-state index contributed by atoms with van der Waals surface area (Å²) in [6.45, 7) is 3.51. The lowest BCUT2D eigenvalue weighted by molar-refractivity contribution is -0.140. The molecule has 48 heavy (non-hydrogen) atoms. The van der Waals surface area contributed by atoms with E-state index in [9.17, 15) is 22.4 Å². The van der Waals surface area contributed by atoms with Crippen molar-refractivity contribution in [1.82, 2.24) is 10.2 Å². The molecular formula is C37H42FN3O6S. The van der Waals surface area contributed by atoms with E-state index in [1.54, 1.807) is 24.3 Å². The summed E-state index contributed by atoms with van der Waals surface area (Å²) in [6, 6.07) is 24.9. The van der Waals surface area contributed by atoms with Crippen molar-refractivity contribution in [2.24, 2.45) is 0 Å². The molecule has 0 aliphatic rings. The molecular weight excluding hydrogens is 633 g/mol. The van der Waals surface area contributed by atoms with Gasteiger partial charge in [-0.25, -0.2) is 12.8 Å². The zero-order valence-electron chi connectivity index (χ0n) is 27.7. The normalized spacial score (nSPS) is 11.8. The van der Waals surface area contributed by atoms with Crippen molar-refractivity contribution in [2.45, 2.75) is 50.6 Å². The fourth-order valence-corrected chi connectivity index (χ4v) is 6.61. The van der Waals surface area contributed by atoms with Crippen molar-refractivity contribution in [3.63, 3.8) is 0 Å². The van der Waals surface area contributed by atoms with Crippen molar-refractivity contribution >= 4 is 27.5 Å². The van der Waals surface area contributed by atoms with Crippen LogP contribution in [0.1, 0.15) is 36.5 Å². The van der Waals surface area contributed by atoms with E-state index in [1.807, 2.05) is 44.2 Å². The van der Waals surface area contributed by atoms with E-state index >= 15 is 0 Å². The highest BCUT2D eigenvalue weighted by Gasteiger charge is 2.35. The number of rotatable bonds is 16. The Morgan fingerprint density at radius 1 is 0.875 bits per heavy atom. The molecule has 9 nitrogen and oxygen atoms in total.